The lowest BCUT2D eigenvalue weighted by atomic mass is 10.0. The maximum absolute atomic E-state index is 11.7. The molecule has 5 nitrogen and oxygen atoms in total. The predicted octanol–water partition coefficient (Wildman–Crippen LogP) is 2.08. The molecular weight excluding hydrogens is 254 g/mol. The summed E-state index contributed by atoms with van der Waals surface area (Å²) in [6, 6.07) is 9.66. The van der Waals surface area contributed by atoms with Gasteiger partial charge in [0.25, 0.3) is 0 Å². The fourth-order valence-electron chi connectivity index (χ4n) is 1.90. The monoisotopic (exact) mass is 273 g/mol. The first kappa shape index (κ1) is 14.3. The van der Waals surface area contributed by atoms with Crippen LogP contribution in [0.2, 0.25) is 0 Å². The van der Waals surface area contributed by atoms with Gasteiger partial charge in [-0.1, -0.05) is 30.3 Å². The Morgan fingerprint density at radius 3 is 2.80 bits per heavy atom. The van der Waals surface area contributed by atoms with Gasteiger partial charge in [0, 0.05) is 12.5 Å². The SMILES string of the molecule is Cc1cnc(CNC(=O)CCC(N)c2ccccc2)o1. The number of nitrogens with zero attached hydrogens (tertiary/aromatic N) is 1. The van der Waals surface area contributed by atoms with E-state index in [0.717, 1.165) is 11.3 Å². The lowest BCUT2D eigenvalue weighted by Gasteiger charge is -2.11. The van der Waals surface area contributed by atoms with Gasteiger partial charge in [-0.15, -0.1) is 0 Å². The van der Waals surface area contributed by atoms with E-state index in [4.69, 9.17) is 10.2 Å². The number of aryl methyl sites for hydroxylation is 1. The minimum Gasteiger partial charge on any atom is -0.444 e. The molecule has 1 atom stereocenters. The van der Waals surface area contributed by atoms with Gasteiger partial charge in [-0.25, -0.2) is 4.98 Å². The van der Waals surface area contributed by atoms with Crippen LogP contribution in [0.4, 0.5) is 0 Å². The van der Waals surface area contributed by atoms with Crippen molar-refractivity contribution >= 4 is 5.91 Å². The molecule has 5 heteroatoms. The molecule has 2 rings (SSSR count). The predicted molar refractivity (Wildman–Crippen MR) is 75.7 cm³/mol. The maximum Gasteiger partial charge on any atom is 0.220 e. The molecule has 1 heterocycles. The van der Waals surface area contributed by atoms with Crippen LogP contribution in [-0.4, -0.2) is 10.9 Å². The summed E-state index contributed by atoms with van der Waals surface area (Å²) >= 11 is 0. The number of carbonyl (C=O) groups excluding carboxylic acids is 1. The van der Waals surface area contributed by atoms with E-state index in [2.05, 4.69) is 10.3 Å². The fourth-order valence-corrected chi connectivity index (χ4v) is 1.90. The zero-order valence-corrected chi connectivity index (χ0v) is 11.5. The molecule has 1 amide bonds. The zero-order valence-electron chi connectivity index (χ0n) is 11.5. The average molecular weight is 273 g/mol. The van der Waals surface area contributed by atoms with Crippen molar-refractivity contribution in [3.63, 3.8) is 0 Å². The molecule has 3 N–H and O–H groups in total. The first-order valence-electron chi connectivity index (χ1n) is 6.63. The maximum atomic E-state index is 11.7. The van der Waals surface area contributed by atoms with E-state index in [1.807, 2.05) is 37.3 Å². The van der Waals surface area contributed by atoms with Crippen LogP contribution in [0.3, 0.4) is 0 Å². The van der Waals surface area contributed by atoms with E-state index >= 15 is 0 Å². The Kier molecular flexibility index (Phi) is 4.90. The van der Waals surface area contributed by atoms with Crippen molar-refractivity contribution in [2.45, 2.75) is 32.4 Å². The molecule has 0 aliphatic carbocycles. The molecular formula is C15H19N3O2. The summed E-state index contributed by atoms with van der Waals surface area (Å²) in [4.78, 5) is 15.7. The molecule has 0 bridgehead atoms. The molecule has 1 aromatic heterocycles. The van der Waals surface area contributed by atoms with Crippen LogP contribution < -0.4 is 11.1 Å². The Morgan fingerprint density at radius 2 is 2.15 bits per heavy atom. The van der Waals surface area contributed by atoms with Crippen molar-refractivity contribution in [1.29, 1.82) is 0 Å². The standard InChI is InChI=1S/C15H19N3O2/c1-11-9-18-15(20-11)10-17-14(19)8-7-13(16)12-5-3-2-4-6-12/h2-6,9,13H,7-8,10,16H2,1H3,(H,17,19). The lowest BCUT2D eigenvalue weighted by Crippen LogP contribution is -2.24. The summed E-state index contributed by atoms with van der Waals surface area (Å²) in [7, 11) is 0. The summed E-state index contributed by atoms with van der Waals surface area (Å²) in [6.07, 6.45) is 2.63. The molecule has 1 unspecified atom stereocenters. The summed E-state index contributed by atoms with van der Waals surface area (Å²) in [5, 5.41) is 2.77. The van der Waals surface area contributed by atoms with Crippen LogP contribution in [0.1, 0.15) is 36.1 Å². The van der Waals surface area contributed by atoms with Gasteiger partial charge in [0.2, 0.25) is 11.8 Å². The van der Waals surface area contributed by atoms with Crippen LogP contribution >= 0.6 is 0 Å². The van der Waals surface area contributed by atoms with Crippen LogP contribution in [0.5, 0.6) is 0 Å². The Morgan fingerprint density at radius 1 is 1.40 bits per heavy atom. The average Bonchev–Trinajstić information content (AvgIpc) is 2.89. The quantitative estimate of drug-likeness (QED) is 0.844. The van der Waals surface area contributed by atoms with Gasteiger partial charge >= 0.3 is 0 Å². The van der Waals surface area contributed by atoms with Crippen molar-refractivity contribution in [1.82, 2.24) is 10.3 Å². The van der Waals surface area contributed by atoms with Gasteiger partial charge in [0.15, 0.2) is 0 Å². The van der Waals surface area contributed by atoms with Crippen molar-refractivity contribution < 1.29 is 9.21 Å². The number of nitrogens with two attached hydrogens (primary N) is 1. The normalized spacial score (nSPS) is 12.1. The third kappa shape index (κ3) is 4.20. The van der Waals surface area contributed by atoms with E-state index in [1.54, 1.807) is 6.20 Å². The molecule has 2 aromatic rings. The van der Waals surface area contributed by atoms with Gasteiger partial charge in [0.1, 0.15) is 5.76 Å². The number of hydrogen-bond donors (Lipinski definition) is 2. The van der Waals surface area contributed by atoms with Gasteiger partial charge < -0.3 is 15.5 Å². The number of oxazole rings is 1. The second-order valence-electron chi connectivity index (χ2n) is 4.70. The number of nitrogens with one attached hydrogen (secondary N) is 1. The van der Waals surface area contributed by atoms with Crippen molar-refractivity contribution in [2.24, 2.45) is 5.73 Å². The Hall–Kier alpha value is -2.14. The molecule has 1 aromatic carbocycles. The minimum atomic E-state index is -0.120. The smallest absolute Gasteiger partial charge is 0.220 e. The van der Waals surface area contributed by atoms with Gasteiger partial charge in [-0.2, -0.15) is 0 Å². The molecule has 106 valence electrons. The highest BCUT2D eigenvalue weighted by Gasteiger charge is 2.09. The second-order valence-corrected chi connectivity index (χ2v) is 4.70. The topological polar surface area (TPSA) is 81.2 Å². The van der Waals surface area contributed by atoms with Gasteiger partial charge in [0.05, 0.1) is 12.7 Å². The Balaban J connectivity index is 1.72. The second kappa shape index (κ2) is 6.86. The largest absolute Gasteiger partial charge is 0.444 e. The van der Waals surface area contributed by atoms with Crippen molar-refractivity contribution in [3.05, 3.63) is 53.7 Å². The first-order chi connectivity index (χ1) is 9.65. The number of hydrogen-bond acceptors (Lipinski definition) is 4. The highest BCUT2D eigenvalue weighted by molar-refractivity contribution is 5.75. The van der Waals surface area contributed by atoms with Gasteiger partial charge in [-0.3, -0.25) is 4.79 Å². The summed E-state index contributed by atoms with van der Waals surface area (Å²) in [6.45, 7) is 2.13. The van der Waals surface area contributed by atoms with E-state index in [1.165, 1.54) is 0 Å². The van der Waals surface area contributed by atoms with Gasteiger partial charge in [-0.05, 0) is 18.9 Å². The van der Waals surface area contributed by atoms with Crippen molar-refractivity contribution in [3.8, 4) is 0 Å². The summed E-state index contributed by atoms with van der Waals surface area (Å²) < 4.78 is 5.28. The molecule has 0 spiro atoms. The van der Waals surface area contributed by atoms with Crippen LogP contribution in [0.25, 0.3) is 0 Å². The fraction of sp³-hybridized carbons (Fsp3) is 0.333. The highest BCUT2D eigenvalue weighted by atomic mass is 16.4. The summed E-state index contributed by atoms with van der Waals surface area (Å²) in [5.74, 6) is 1.20. The molecule has 0 saturated carbocycles. The molecule has 0 aliphatic rings. The first-order valence-corrected chi connectivity index (χ1v) is 6.63. The van der Waals surface area contributed by atoms with Crippen LogP contribution in [0.15, 0.2) is 40.9 Å². The van der Waals surface area contributed by atoms with Crippen molar-refractivity contribution in [2.75, 3.05) is 0 Å². The van der Waals surface area contributed by atoms with E-state index < -0.39 is 0 Å². The van der Waals surface area contributed by atoms with Crippen LogP contribution in [-0.2, 0) is 11.3 Å². The number of benzene rings is 1. The number of rotatable bonds is 6. The Labute approximate surface area is 118 Å². The number of carbonyl (C=O) groups is 1. The molecule has 0 radical (unpaired) electrons. The molecule has 0 saturated heterocycles. The van der Waals surface area contributed by atoms with Crippen LogP contribution in [0, 0.1) is 6.92 Å². The molecule has 20 heavy (non-hydrogen) atoms. The zero-order chi connectivity index (χ0) is 14.4. The third-order valence-corrected chi connectivity index (χ3v) is 3.02. The highest BCUT2D eigenvalue weighted by Crippen LogP contribution is 2.14. The van der Waals surface area contributed by atoms with E-state index in [0.29, 0.717) is 25.3 Å². The van der Waals surface area contributed by atoms with E-state index in [9.17, 15) is 4.79 Å². The minimum absolute atomic E-state index is 0.0489. The van der Waals surface area contributed by atoms with E-state index in [-0.39, 0.29) is 11.9 Å². The number of amides is 1. The summed E-state index contributed by atoms with van der Waals surface area (Å²) in [5.41, 5.74) is 7.09. The molecule has 0 aliphatic heterocycles. The third-order valence-electron chi connectivity index (χ3n) is 3.02. The molecule has 0 fully saturated rings. The lowest BCUT2D eigenvalue weighted by molar-refractivity contribution is -0.121. The Bertz CT molecular complexity index is 551. The number of aromatic nitrogens is 1.